The minimum atomic E-state index is -0.550. The van der Waals surface area contributed by atoms with E-state index in [-0.39, 0.29) is 5.41 Å². The van der Waals surface area contributed by atoms with E-state index in [9.17, 15) is 9.59 Å². The molecular weight excluding hydrogens is 300 g/mol. The van der Waals surface area contributed by atoms with Gasteiger partial charge in [0.1, 0.15) is 0 Å². The number of rotatable bonds is 7. The Labute approximate surface area is 146 Å². The van der Waals surface area contributed by atoms with Gasteiger partial charge in [-0.05, 0) is 36.0 Å². The smallest absolute Gasteiger partial charge is 0.313 e. The van der Waals surface area contributed by atoms with Crippen LogP contribution in [0.25, 0.3) is 0 Å². The molecule has 1 rings (SSSR count). The van der Waals surface area contributed by atoms with Gasteiger partial charge in [0.25, 0.3) is 0 Å². The molecule has 1 aromatic rings. The van der Waals surface area contributed by atoms with Crippen LogP contribution in [0.2, 0.25) is 0 Å². The molecule has 0 bridgehead atoms. The summed E-state index contributed by atoms with van der Waals surface area (Å²) < 4.78 is 0. The fourth-order valence-electron chi connectivity index (χ4n) is 2.39. The summed E-state index contributed by atoms with van der Waals surface area (Å²) in [4.78, 5) is 26.3. The minimum absolute atomic E-state index is 0.0649. The molecule has 0 radical (unpaired) electrons. The topological polar surface area (TPSA) is 49.4 Å². The van der Waals surface area contributed by atoms with E-state index in [0.29, 0.717) is 18.8 Å². The first-order valence-electron chi connectivity index (χ1n) is 9.00. The average Bonchev–Trinajstić information content (AvgIpc) is 2.54. The summed E-state index contributed by atoms with van der Waals surface area (Å²) in [6, 6.07) is 7.69. The fraction of sp³-hybridized carbons (Fsp3) is 0.600. The first kappa shape index (κ1) is 20.2. The second-order valence-corrected chi connectivity index (χ2v) is 7.28. The van der Waals surface area contributed by atoms with Crippen LogP contribution in [0.15, 0.2) is 24.3 Å². The molecule has 24 heavy (non-hydrogen) atoms. The van der Waals surface area contributed by atoms with Crippen molar-refractivity contribution in [2.75, 3.05) is 18.4 Å². The van der Waals surface area contributed by atoms with Crippen molar-refractivity contribution in [2.45, 2.75) is 65.7 Å². The van der Waals surface area contributed by atoms with Gasteiger partial charge in [-0.3, -0.25) is 9.59 Å². The van der Waals surface area contributed by atoms with E-state index in [0.717, 1.165) is 25.7 Å². The molecule has 0 unspecified atom stereocenters. The molecule has 0 saturated carbocycles. The molecule has 0 spiro atoms. The van der Waals surface area contributed by atoms with Gasteiger partial charge in [0, 0.05) is 18.8 Å². The standard InChI is InChI=1S/C20H32N2O2/c1-6-8-14-22(15-9-7-2)19(24)18(23)21-17-12-10-16(11-13-17)20(3,4)5/h10-13H,6-9,14-15H2,1-5H3,(H,21,23). The van der Waals surface area contributed by atoms with Crippen LogP contribution in [0.1, 0.15) is 65.9 Å². The zero-order valence-electron chi connectivity index (χ0n) is 15.8. The summed E-state index contributed by atoms with van der Waals surface area (Å²) in [5.41, 5.74) is 1.92. The van der Waals surface area contributed by atoms with Crippen LogP contribution in [0.4, 0.5) is 5.69 Å². The van der Waals surface area contributed by atoms with Crippen LogP contribution in [-0.2, 0) is 15.0 Å². The highest BCUT2D eigenvalue weighted by molar-refractivity contribution is 6.39. The summed E-state index contributed by atoms with van der Waals surface area (Å²) in [5, 5.41) is 2.72. The van der Waals surface area contributed by atoms with Gasteiger partial charge >= 0.3 is 11.8 Å². The summed E-state index contributed by atoms with van der Waals surface area (Å²) in [7, 11) is 0. The van der Waals surface area contributed by atoms with Crippen LogP contribution in [0.5, 0.6) is 0 Å². The zero-order chi connectivity index (χ0) is 18.2. The molecule has 0 aliphatic heterocycles. The Morgan fingerprint density at radius 1 is 0.958 bits per heavy atom. The molecule has 0 aromatic heterocycles. The maximum absolute atomic E-state index is 12.4. The summed E-state index contributed by atoms with van der Waals surface area (Å²) in [5.74, 6) is -0.984. The van der Waals surface area contributed by atoms with Crippen molar-refractivity contribution < 1.29 is 9.59 Å². The third-order valence-electron chi connectivity index (χ3n) is 4.05. The maximum atomic E-state index is 12.4. The minimum Gasteiger partial charge on any atom is -0.334 e. The Morgan fingerprint density at radius 2 is 1.46 bits per heavy atom. The molecule has 0 saturated heterocycles. The second kappa shape index (κ2) is 9.45. The number of anilines is 1. The lowest BCUT2D eigenvalue weighted by atomic mass is 9.87. The lowest BCUT2D eigenvalue weighted by Crippen LogP contribution is -2.40. The molecule has 0 heterocycles. The lowest BCUT2D eigenvalue weighted by Gasteiger charge is -2.22. The van der Waals surface area contributed by atoms with Gasteiger partial charge in [-0.15, -0.1) is 0 Å². The third kappa shape index (κ3) is 6.34. The van der Waals surface area contributed by atoms with Gasteiger partial charge in [0.15, 0.2) is 0 Å². The first-order chi connectivity index (χ1) is 11.3. The SMILES string of the molecule is CCCCN(CCCC)C(=O)C(=O)Nc1ccc(C(C)(C)C)cc1. The normalized spacial score (nSPS) is 11.2. The van der Waals surface area contributed by atoms with Crippen LogP contribution >= 0.6 is 0 Å². The van der Waals surface area contributed by atoms with Gasteiger partial charge in [0.2, 0.25) is 0 Å². The second-order valence-electron chi connectivity index (χ2n) is 7.28. The predicted octanol–water partition coefficient (Wildman–Crippen LogP) is 4.35. The van der Waals surface area contributed by atoms with E-state index in [1.54, 1.807) is 4.90 Å². The molecule has 1 aromatic carbocycles. The summed E-state index contributed by atoms with van der Waals surface area (Å²) in [6.07, 6.45) is 3.85. The monoisotopic (exact) mass is 332 g/mol. The van der Waals surface area contributed by atoms with Crippen LogP contribution in [0, 0.1) is 0 Å². The summed E-state index contributed by atoms with van der Waals surface area (Å²) >= 11 is 0. The van der Waals surface area contributed by atoms with Crippen molar-refractivity contribution in [1.29, 1.82) is 0 Å². The van der Waals surface area contributed by atoms with Gasteiger partial charge in [-0.1, -0.05) is 59.6 Å². The number of carbonyl (C=O) groups is 2. The van der Waals surface area contributed by atoms with E-state index in [1.165, 1.54) is 5.56 Å². The highest BCUT2D eigenvalue weighted by Crippen LogP contribution is 2.23. The highest BCUT2D eigenvalue weighted by Gasteiger charge is 2.21. The van der Waals surface area contributed by atoms with Crippen molar-refractivity contribution in [3.05, 3.63) is 29.8 Å². The Morgan fingerprint density at radius 3 is 1.88 bits per heavy atom. The van der Waals surface area contributed by atoms with Crippen LogP contribution < -0.4 is 5.32 Å². The quantitative estimate of drug-likeness (QED) is 0.755. The van der Waals surface area contributed by atoms with Crippen molar-refractivity contribution in [1.82, 2.24) is 4.90 Å². The van der Waals surface area contributed by atoms with E-state index in [1.807, 2.05) is 24.3 Å². The molecular formula is C20H32N2O2. The summed E-state index contributed by atoms with van der Waals surface area (Å²) in [6.45, 7) is 11.9. The molecule has 2 amide bonds. The van der Waals surface area contributed by atoms with Crippen molar-refractivity contribution >= 4 is 17.5 Å². The average molecular weight is 332 g/mol. The molecule has 1 N–H and O–H groups in total. The van der Waals surface area contributed by atoms with Crippen molar-refractivity contribution in [2.24, 2.45) is 0 Å². The number of hydrogen-bond acceptors (Lipinski definition) is 2. The van der Waals surface area contributed by atoms with E-state index in [2.05, 4.69) is 39.9 Å². The highest BCUT2D eigenvalue weighted by atomic mass is 16.2. The molecule has 0 aliphatic carbocycles. The lowest BCUT2D eigenvalue weighted by molar-refractivity contribution is -0.143. The number of unbranched alkanes of at least 4 members (excludes halogenated alkanes) is 2. The van der Waals surface area contributed by atoms with Gasteiger partial charge < -0.3 is 10.2 Å². The fourth-order valence-corrected chi connectivity index (χ4v) is 2.39. The molecule has 4 heteroatoms. The van der Waals surface area contributed by atoms with E-state index in [4.69, 9.17) is 0 Å². The van der Waals surface area contributed by atoms with Gasteiger partial charge in [0.05, 0.1) is 0 Å². The van der Waals surface area contributed by atoms with Crippen LogP contribution in [0.3, 0.4) is 0 Å². The Hall–Kier alpha value is -1.84. The largest absolute Gasteiger partial charge is 0.334 e. The zero-order valence-corrected chi connectivity index (χ0v) is 15.8. The molecule has 0 fully saturated rings. The molecule has 0 atom stereocenters. The Bertz CT molecular complexity index is 522. The Balaban J connectivity index is 2.71. The molecule has 134 valence electrons. The van der Waals surface area contributed by atoms with Gasteiger partial charge in [-0.2, -0.15) is 0 Å². The number of hydrogen-bond donors (Lipinski definition) is 1. The van der Waals surface area contributed by atoms with Crippen molar-refractivity contribution in [3.63, 3.8) is 0 Å². The van der Waals surface area contributed by atoms with E-state index >= 15 is 0 Å². The van der Waals surface area contributed by atoms with Crippen LogP contribution in [-0.4, -0.2) is 29.8 Å². The Kier molecular flexibility index (Phi) is 7.96. The number of amides is 2. The maximum Gasteiger partial charge on any atom is 0.313 e. The third-order valence-corrected chi connectivity index (χ3v) is 4.05. The number of carbonyl (C=O) groups excluding carboxylic acids is 2. The molecule has 0 aliphatic rings. The predicted molar refractivity (Wildman–Crippen MR) is 100 cm³/mol. The number of nitrogens with one attached hydrogen (secondary N) is 1. The number of benzene rings is 1. The van der Waals surface area contributed by atoms with Gasteiger partial charge in [-0.25, -0.2) is 0 Å². The number of nitrogens with zero attached hydrogens (tertiary/aromatic N) is 1. The first-order valence-corrected chi connectivity index (χ1v) is 9.00. The molecule has 4 nitrogen and oxygen atoms in total. The van der Waals surface area contributed by atoms with Crippen molar-refractivity contribution in [3.8, 4) is 0 Å². The van der Waals surface area contributed by atoms with E-state index < -0.39 is 11.8 Å².